The van der Waals surface area contributed by atoms with E-state index >= 15 is 0 Å². The number of hydrogen-bond donors (Lipinski definition) is 1. The fourth-order valence-electron chi connectivity index (χ4n) is 1.29. The van der Waals surface area contributed by atoms with Crippen LogP contribution in [0.25, 0.3) is 0 Å². The monoisotopic (exact) mass is 231 g/mol. The molecular weight excluding hydrogens is 217 g/mol. The Labute approximate surface area is 95.2 Å². The zero-order chi connectivity index (χ0) is 10.7. The molecule has 0 aromatic heterocycles. The molecule has 0 aliphatic heterocycles. The van der Waals surface area contributed by atoms with Crippen molar-refractivity contribution >= 4 is 28.9 Å². The highest BCUT2D eigenvalue weighted by atomic mass is 35.5. The van der Waals surface area contributed by atoms with Crippen molar-refractivity contribution in [3.8, 4) is 0 Å². The second-order valence-electron chi connectivity index (χ2n) is 3.90. The number of benzene rings is 1. The van der Waals surface area contributed by atoms with Gasteiger partial charge in [-0.1, -0.05) is 37.0 Å². The predicted molar refractivity (Wildman–Crippen MR) is 64.0 cm³/mol. The molecule has 0 aliphatic carbocycles. The molecule has 0 radical (unpaired) electrons. The van der Waals surface area contributed by atoms with E-state index in [1.807, 2.05) is 0 Å². The molecule has 0 unspecified atom stereocenters. The molecule has 1 nitrogen and oxygen atoms in total. The fourth-order valence-corrected chi connectivity index (χ4v) is 1.99. The van der Waals surface area contributed by atoms with Crippen LogP contribution in [0.2, 0.25) is 10.0 Å². The van der Waals surface area contributed by atoms with Crippen molar-refractivity contribution in [2.75, 3.05) is 5.73 Å². The van der Waals surface area contributed by atoms with E-state index in [2.05, 4.69) is 13.8 Å². The van der Waals surface area contributed by atoms with Gasteiger partial charge in [-0.2, -0.15) is 0 Å². The molecule has 2 N–H and O–H groups in total. The van der Waals surface area contributed by atoms with Crippen molar-refractivity contribution in [2.45, 2.75) is 26.7 Å². The molecule has 78 valence electrons. The van der Waals surface area contributed by atoms with Crippen LogP contribution in [0, 0.1) is 5.92 Å². The Hall–Kier alpha value is -0.400. The zero-order valence-corrected chi connectivity index (χ0v) is 9.99. The third-order valence-corrected chi connectivity index (χ3v) is 2.81. The molecular formula is C11H15Cl2N. The van der Waals surface area contributed by atoms with Gasteiger partial charge in [0.1, 0.15) is 0 Å². The predicted octanol–water partition coefficient (Wildman–Crippen LogP) is 4.16. The number of nitrogen functional groups attached to an aromatic ring is 1. The number of halogens is 2. The van der Waals surface area contributed by atoms with Crippen molar-refractivity contribution < 1.29 is 0 Å². The van der Waals surface area contributed by atoms with Crippen LogP contribution < -0.4 is 5.73 Å². The van der Waals surface area contributed by atoms with Crippen molar-refractivity contribution in [1.82, 2.24) is 0 Å². The highest BCUT2D eigenvalue weighted by Gasteiger charge is 2.07. The molecule has 0 spiro atoms. The molecule has 1 aromatic rings. The smallest absolute Gasteiger partial charge is 0.0473 e. The maximum Gasteiger partial charge on any atom is 0.0473 e. The SMILES string of the molecule is CC(C)CCc1c(Cl)cc(N)cc1Cl. The van der Waals surface area contributed by atoms with Gasteiger partial charge in [0.05, 0.1) is 0 Å². The molecule has 0 amide bonds. The summed E-state index contributed by atoms with van der Waals surface area (Å²) in [6.07, 6.45) is 2.00. The summed E-state index contributed by atoms with van der Waals surface area (Å²) in [5, 5.41) is 1.35. The normalized spacial score (nSPS) is 10.9. The molecule has 0 saturated heterocycles. The summed E-state index contributed by atoms with van der Waals surface area (Å²) in [6.45, 7) is 4.36. The quantitative estimate of drug-likeness (QED) is 0.778. The van der Waals surface area contributed by atoms with E-state index in [9.17, 15) is 0 Å². The van der Waals surface area contributed by atoms with Crippen molar-refractivity contribution in [3.63, 3.8) is 0 Å². The highest BCUT2D eigenvalue weighted by Crippen LogP contribution is 2.29. The lowest BCUT2D eigenvalue weighted by Gasteiger charge is -2.09. The highest BCUT2D eigenvalue weighted by molar-refractivity contribution is 6.36. The first-order chi connectivity index (χ1) is 6.50. The van der Waals surface area contributed by atoms with Crippen LogP contribution >= 0.6 is 23.2 Å². The van der Waals surface area contributed by atoms with Crippen LogP contribution in [-0.4, -0.2) is 0 Å². The van der Waals surface area contributed by atoms with Crippen LogP contribution in [0.1, 0.15) is 25.8 Å². The Morgan fingerprint density at radius 3 is 2.14 bits per heavy atom. The fraction of sp³-hybridized carbons (Fsp3) is 0.455. The van der Waals surface area contributed by atoms with Crippen LogP contribution in [0.15, 0.2) is 12.1 Å². The average molecular weight is 232 g/mol. The van der Waals surface area contributed by atoms with E-state index in [0.717, 1.165) is 18.4 Å². The summed E-state index contributed by atoms with van der Waals surface area (Å²) in [7, 11) is 0. The first kappa shape index (κ1) is 11.7. The van der Waals surface area contributed by atoms with Crippen LogP contribution in [0.3, 0.4) is 0 Å². The Morgan fingerprint density at radius 2 is 1.71 bits per heavy atom. The molecule has 3 heteroatoms. The molecule has 14 heavy (non-hydrogen) atoms. The molecule has 0 saturated carbocycles. The molecule has 1 rings (SSSR count). The zero-order valence-electron chi connectivity index (χ0n) is 8.48. The maximum atomic E-state index is 6.05. The Morgan fingerprint density at radius 1 is 1.21 bits per heavy atom. The summed E-state index contributed by atoms with van der Waals surface area (Å²) in [4.78, 5) is 0. The molecule has 0 atom stereocenters. The van der Waals surface area contributed by atoms with Crippen LogP contribution in [0.5, 0.6) is 0 Å². The average Bonchev–Trinajstić information content (AvgIpc) is 2.01. The summed E-state index contributed by atoms with van der Waals surface area (Å²) >= 11 is 12.1. The lowest BCUT2D eigenvalue weighted by molar-refractivity contribution is 0.587. The van der Waals surface area contributed by atoms with Gasteiger partial charge < -0.3 is 5.73 Å². The van der Waals surface area contributed by atoms with Crippen LogP contribution in [0.4, 0.5) is 5.69 Å². The second kappa shape index (κ2) is 4.90. The Balaban J connectivity index is 2.86. The summed E-state index contributed by atoms with van der Waals surface area (Å²) in [5.74, 6) is 0.652. The van der Waals surface area contributed by atoms with Gasteiger partial charge in [0.25, 0.3) is 0 Å². The van der Waals surface area contributed by atoms with Gasteiger partial charge in [0.15, 0.2) is 0 Å². The van der Waals surface area contributed by atoms with Gasteiger partial charge in [-0.25, -0.2) is 0 Å². The minimum atomic E-state index is 0.619. The number of hydrogen-bond acceptors (Lipinski definition) is 1. The molecule has 0 aliphatic rings. The maximum absolute atomic E-state index is 6.05. The summed E-state index contributed by atoms with van der Waals surface area (Å²) < 4.78 is 0. The van der Waals surface area contributed by atoms with Gasteiger partial charge in [0.2, 0.25) is 0 Å². The van der Waals surface area contributed by atoms with E-state index < -0.39 is 0 Å². The van der Waals surface area contributed by atoms with Gasteiger partial charge in [-0.15, -0.1) is 0 Å². The lowest BCUT2D eigenvalue weighted by Crippen LogP contribution is -1.95. The largest absolute Gasteiger partial charge is 0.399 e. The number of anilines is 1. The topological polar surface area (TPSA) is 26.0 Å². The van der Waals surface area contributed by atoms with Gasteiger partial charge in [-0.05, 0) is 36.5 Å². The minimum Gasteiger partial charge on any atom is -0.399 e. The minimum absolute atomic E-state index is 0.619. The Kier molecular flexibility index (Phi) is 4.09. The number of nitrogens with two attached hydrogens (primary N) is 1. The molecule has 0 heterocycles. The summed E-state index contributed by atoms with van der Waals surface area (Å²) in [5.41, 5.74) is 7.24. The van der Waals surface area contributed by atoms with Gasteiger partial charge in [0, 0.05) is 15.7 Å². The molecule has 1 aromatic carbocycles. The Bertz CT molecular complexity index is 298. The van der Waals surface area contributed by atoms with Crippen molar-refractivity contribution in [3.05, 3.63) is 27.7 Å². The third-order valence-electron chi connectivity index (χ3n) is 2.14. The van der Waals surface area contributed by atoms with Crippen molar-refractivity contribution in [1.29, 1.82) is 0 Å². The van der Waals surface area contributed by atoms with E-state index in [0.29, 0.717) is 21.7 Å². The molecule has 0 bridgehead atoms. The second-order valence-corrected chi connectivity index (χ2v) is 4.71. The van der Waals surface area contributed by atoms with E-state index in [1.54, 1.807) is 12.1 Å². The van der Waals surface area contributed by atoms with Gasteiger partial charge >= 0.3 is 0 Å². The van der Waals surface area contributed by atoms with E-state index in [-0.39, 0.29) is 0 Å². The van der Waals surface area contributed by atoms with Crippen molar-refractivity contribution in [2.24, 2.45) is 5.92 Å². The van der Waals surface area contributed by atoms with E-state index in [4.69, 9.17) is 28.9 Å². The number of rotatable bonds is 3. The third kappa shape index (κ3) is 3.07. The summed E-state index contributed by atoms with van der Waals surface area (Å²) in [6, 6.07) is 3.51. The lowest BCUT2D eigenvalue weighted by atomic mass is 10.0. The van der Waals surface area contributed by atoms with Crippen LogP contribution in [-0.2, 0) is 6.42 Å². The standard InChI is InChI=1S/C11H15Cl2N/c1-7(2)3-4-9-10(12)5-8(14)6-11(9)13/h5-7H,3-4,14H2,1-2H3. The van der Waals surface area contributed by atoms with E-state index in [1.165, 1.54) is 0 Å². The molecule has 0 fully saturated rings. The first-order valence-corrected chi connectivity index (χ1v) is 5.49. The van der Waals surface area contributed by atoms with Gasteiger partial charge in [-0.3, -0.25) is 0 Å². The first-order valence-electron chi connectivity index (χ1n) is 4.74.